The fourth-order valence-electron chi connectivity index (χ4n) is 3.41. The lowest BCUT2D eigenvalue weighted by Crippen LogP contribution is -2.56. The quantitative estimate of drug-likeness (QED) is 0.847. The number of nitrogens with one attached hydrogen (secondary N) is 1. The summed E-state index contributed by atoms with van der Waals surface area (Å²) in [6.07, 6.45) is 0. The summed E-state index contributed by atoms with van der Waals surface area (Å²) in [4.78, 5) is 31.1. The molecule has 0 aromatic heterocycles. The molecule has 2 amide bonds. The number of carbonyl (C=O) groups excluding carboxylic acids is 2. The molecule has 2 aliphatic rings. The number of hydrogen-bond acceptors (Lipinski definition) is 5. The van der Waals surface area contributed by atoms with Gasteiger partial charge in [0.15, 0.2) is 0 Å². The van der Waals surface area contributed by atoms with Crippen LogP contribution in [0.2, 0.25) is 0 Å². The zero-order valence-corrected chi connectivity index (χ0v) is 14.9. The van der Waals surface area contributed by atoms with Crippen LogP contribution in [0, 0.1) is 0 Å². The highest BCUT2D eigenvalue weighted by molar-refractivity contribution is 6.11. The van der Waals surface area contributed by atoms with Crippen molar-refractivity contribution in [2.45, 2.75) is 13.0 Å². The van der Waals surface area contributed by atoms with E-state index in [0.29, 0.717) is 5.69 Å². The Labute approximate surface area is 148 Å². The molecule has 1 N–H and O–H groups in total. The number of hydrogen-bond donors (Lipinski definition) is 1. The number of para-hydroxylation sites is 2. The molecule has 1 saturated heterocycles. The Morgan fingerprint density at radius 3 is 2.68 bits per heavy atom. The molecule has 0 aliphatic carbocycles. The van der Waals surface area contributed by atoms with Gasteiger partial charge in [-0.15, -0.1) is 0 Å². The maximum atomic E-state index is 13.0. The van der Waals surface area contributed by atoms with E-state index < -0.39 is 0 Å². The summed E-state index contributed by atoms with van der Waals surface area (Å²) in [5.41, 5.74) is 1.47. The lowest BCUT2D eigenvalue weighted by Gasteiger charge is -2.39. The summed E-state index contributed by atoms with van der Waals surface area (Å²) >= 11 is 0. The molecule has 7 heteroatoms. The highest BCUT2D eigenvalue weighted by atomic mass is 16.5. The van der Waals surface area contributed by atoms with Gasteiger partial charge in [-0.1, -0.05) is 12.1 Å². The molecule has 0 spiro atoms. The average Bonchev–Trinajstić information content (AvgIpc) is 2.65. The molecule has 1 fully saturated rings. The third-order valence-electron chi connectivity index (χ3n) is 4.96. The molecular weight excluding hydrogens is 320 g/mol. The van der Waals surface area contributed by atoms with E-state index in [1.165, 1.54) is 0 Å². The predicted molar refractivity (Wildman–Crippen MR) is 96.8 cm³/mol. The molecule has 3 rings (SSSR count). The fourth-order valence-corrected chi connectivity index (χ4v) is 3.41. The number of ether oxygens (including phenoxy) is 1. The van der Waals surface area contributed by atoms with Gasteiger partial charge in [0.1, 0.15) is 6.54 Å². The van der Waals surface area contributed by atoms with E-state index in [1.54, 1.807) is 12.0 Å². The van der Waals surface area contributed by atoms with Crippen molar-refractivity contribution in [3.05, 3.63) is 24.3 Å². The molecule has 1 atom stereocenters. The van der Waals surface area contributed by atoms with Gasteiger partial charge < -0.3 is 10.1 Å². The second-order valence-electron chi connectivity index (χ2n) is 6.54. The third-order valence-corrected chi connectivity index (χ3v) is 4.96. The molecule has 0 unspecified atom stereocenters. The van der Waals surface area contributed by atoms with Crippen LogP contribution in [0.3, 0.4) is 0 Å². The van der Waals surface area contributed by atoms with Crippen LogP contribution in [0.25, 0.3) is 0 Å². The first-order valence-corrected chi connectivity index (χ1v) is 8.75. The van der Waals surface area contributed by atoms with Crippen LogP contribution in [-0.4, -0.2) is 80.6 Å². The number of anilines is 2. The van der Waals surface area contributed by atoms with Gasteiger partial charge in [-0.05, 0) is 19.1 Å². The van der Waals surface area contributed by atoms with Crippen LogP contribution >= 0.6 is 0 Å². The molecule has 2 aliphatic heterocycles. The van der Waals surface area contributed by atoms with Gasteiger partial charge in [0, 0.05) is 39.8 Å². The van der Waals surface area contributed by atoms with Crippen LogP contribution in [0.15, 0.2) is 24.3 Å². The molecule has 0 radical (unpaired) electrons. The van der Waals surface area contributed by atoms with E-state index in [4.69, 9.17) is 4.74 Å². The van der Waals surface area contributed by atoms with E-state index in [2.05, 4.69) is 15.1 Å². The molecular formula is C18H26N4O3. The van der Waals surface area contributed by atoms with Crippen molar-refractivity contribution in [1.82, 2.24) is 9.80 Å². The second kappa shape index (κ2) is 7.95. The zero-order valence-electron chi connectivity index (χ0n) is 14.9. The number of carbonyl (C=O) groups is 2. The molecule has 1 aromatic rings. The number of amides is 2. The Bertz CT molecular complexity index is 629. The summed E-state index contributed by atoms with van der Waals surface area (Å²) in [7, 11) is 1.71. The molecule has 2 heterocycles. The Kier molecular flexibility index (Phi) is 5.67. The van der Waals surface area contributed by atoms with E-state index in [-0.39, 0.29) is 24.4 Å². The number of fused-ring (bicyclic) bond motifs is 1. The van der Waals surface area contributed by atoms with Crippen LogP contribution < -0.4 is 10.2 Å². The van der Waals surface area contributed by atoms with Crippen LogP contribution in [0.5, 0.6) is 0 Å². The molecule has 7 nitrogen and oxygen atoms in total. The van der Waals surface area contributed by atoms with Crippen molar-refractivity contribution < 1.29 is 14.3 Å². The van der Waals surface area contributed by atoms with Crippen LogP contribution in [0.1, 0.15) is 6.92 Å². The Morgan fingerprint density at radius 1 is 1.24 bits per heavy atom. The summed E-state index contributed by atoms with van der Waals surface area (Å²) < 4.78 is 5.13. The highest BCUT2D eigenvalue weighted by Gasteiger charge is 2.33. The first kappa shape index (κ1) is 17.8. The van der Waals surface area contributed by atoms with Crippen molar-refractivity contribution in [2.24, 2.45) is 0 Å². The number of nitrogens with zero attached hydrogens (tertiary/aromatic N) is 3. The second-order valence-corrected chi connectivity index (χ2v) is 6.54. The first-order valence-electron chi connectivity index (χ1n) is 8.75. The average molecular weight is 346 g/mol. The largest absolute Gasteiger partial charge is 0.383 e. The van der Waals surface area contributed by atoms with Gasteiger partial charge in [0.25, 0.3) is 0 Å². The maximum absolute atomic E-state index is 13.0. The SMILES string of the molecule is COCCN1CCN([C@H](C)C(=O)N2CC(=O)Nc3ccccc32)CC1. The molecule has 0 saturated carbocycles. The van der Waals surface area contributed by atoms with Gasteiger partial charge in [-0.25, -0.2) is 0 Å². The van der Waals surface area contributed by atoms with E-state index >= 15 is 0 Å². The van der Waals surface area contributed by atoms with Crippen molar-refractivity contribution in [3.8, 4) is 0 Å². The maximum Gasteiger partial charge on any atom is 0.244 e. The highest BCUT2D eigenvalue weighted by Crippen LogP contribution is 2.29. The fraction of sp³-hybridized carbons (Fsp3) is 0.556. The van der Waals surface area contributed by atoms with Crippen LogP contribution in [0.4, 0.5) is 11.4 Å². The predicted octanol–water partition coefficient (Wildman–Crippen LogP) is 0.624. The Hall–Kier alpha value is -1.96. The standard InChI is InChI=1S/C18H26N4O3/c1-14(21-9-7-20(8-10-21)11-12-25-2)18(24)22-13-17(23)19-15-5-3-4-6-16(15)22/h3-6,14H,7-13H2,1-2H3,(H,19,23)/t14-/m1/s1. The van der Waals surface area contributed by atoms with Crippen molar-refractivity contribution in [3.63, 3.8) is 0 Å². The van der Waals surface area contributed by atoms with E-state index in [0.717, 1.165) is 45.0 Å². The Balaban J connectivity index is 1.64. The first-order chi connectivity index (χ1) is 12.1. The number of piperazine rings is 1. The number of benzene rings is 1. The van der Waals surface area contributed by atoms with E-state index in [1.807, 2.05) is 31.2 Å². The molecule has 0 bridgehead atoms. The van der Waals surface area contributed by atoms with Gasteiger partial charge in [-0.3, -0.25) is 24.3 Å². The summed E-state index contributed by atoms with van der Waals surface area (Å²) in [6, 6.07) is 7.20. The van der Waals surface area contributed by atoms with Gasteiger partial charge in [0.2, 0.25) is 11.8 Å². The molecule has 25 heavy (non-hydrogen) atoms. The van der Waals surface area contributed by atoms with Crippen molar-refractivity contribution in [2.75, 3.05) is 63.2 Å². The minimum Gasteiger partial charge on any atom is -0.383 e. The minimum absolute atomic E-state index is 0.0207. The molecule has 1 aromatic carbocycles. The van der Waals surface area contributed by atoms with E-state index in [9.17, 15) is 9.59 Å². The van der Waals surface area contributed by atoms with Gasteiger partial charge in [0.05, 0.1) is 24.0 Å². The number of methoxy groups -OCH3 is 1. The summed E-state index contributed by atoms with van der Waals surface area (Å²) in [5.74, 6) is -0.170. The number of rotatable bonds is 5. The normalized spacial score (nSPS) is 20.1. The van der Waals surface area contributed by atoms with Crippen molar-refractivity contribution >= 4 is 23.2 Å². The van der Waals surface area contributed by atoms with Crippen LogP contribution in [-0.2, 0) is 14.3 Å². The zero-order chi connectivity index (χ0) is 17.8. The van der Waals surface area contributed by atoms with Gasteiger partial charge in [-0.2, -0.15) is 0 Å². The van der Waals surface area contributed by atoms with Gasteiger partial charge >= 0.3 is 0 Å². The summed E-state index contributed by atoms with van der Waals surface area (Å²) in [5, 5.41) is 2.82. The monoisotopic (exact) mass is 346 g/mol. The summed E-state index contributed by atoms with van der Waals surface area (Å²) in [6.45, 7) is 7.21. The lowest BCUT2D eigenvalue weighted by molar-refractivity contribution is -0.126. The smallest absolute Gasteiger partial charge is 0.244 e. The minimum atomic E-state index is -0.247. The van der Waals surface area contributed by atoms with Crippen molar-refractivity contribution in [1.29, 1.82) is 0 Å². The topological polar surface area (TPSA) is 65.1 Å². The molecule has 136 valence electrons. The third kappa shape index (κ3) is 4.00. The lowest BCUT2D eigenvalue weighted by atomic mass is 10.1. The Morgan fingerprint density at radius 2 is 1.96 bits per heavy atom.